The molecule has 2 N–H and O–H groups in total. The Hall–Kier alpha value is -0.720. The molecule has 0 heterocycles. The van der Waals surface area contributed by atoms with Crippen molar-refractivity contribution in [2.75, 3.05) is 6.54 Å². The van der Waals surface area contributed by atoms with Crippen molar-refractivity contribution in [2.45, 2.75) is 26.4 Å². The molecule has 0 rings (SSSR count). The molecule has 1 unspecified atom stereocenters. The van der Waals surface area contributed by atoms with Gasteiger partial charge in [-0.3, -0.25) is 13.5 Å². The fourth-order valence-electron chi connectivity index (χ4n) is 0.733. The average Bonchev–Trinajstić information content (AvgIpc) is 1.99. The molecule has 1 amide bonds. The average molecular weight is 221 g/mol. The molecule has 0 aliphatic rings. The normalized spacial score (nSPS) is 14.3. The number of carbonyl (C=O) groups excluding carboxylic acids is 1. The minimum Gasteiger partial charge on any atom is -0.350 e. The first-order valence-corrected chi connectivity index (χ1v) is 5.11. The van der Waals surface area contributed by atoms with Gasteiger partial charge in [0.15, 0.2) is 0 Å². The monoisotopic (exact) mass is 221 g/mol. The molecule has 0 aromatic heterocycles. The van der Waals surface area contributed by atoms with E-state index < -0.39 is 17.0 Å². The SMILES string of the molecule is CC=CC(=O)NCC(C)(C)OS(=O)O. The van der Waals surface area contributed by atoms with Crippen molar-refractivity contribution in [3.05, 3.63) is 12.2 Å². The van der Waals surface area contributed by atoms with Crippen molar-refractivity contribution in [2.24, 2.45) is 0 Å². The summed E-state index contributed by atoms with van der Waals surface area (Å²) in [7, 11) is 0. The molecule has 14 heavy (non-hydrogen) atoms. The third kappa shape index (κ3) is 6.76. The van der Waals surface area contributed by atoms with Crippen LogP contribution >= 0.6 is 0 Å². The summed E-state index contributed by atoms with van der Waals surface area (Å²) in [5, 5.41) is 2.53. The molecular weight excluding hydrogens is 206 g/mol. The molecule has 0 bridgehead atoms. The summed E-state index contributed by atoms with van der Waals surface area (Å²) < 4.78 is 23.5. The highest BCUT2D eigenvalue weighted by Crippen LogP contribution is 2.08. The number of nitrogens with one attached hydrogen (secondary N) is 1. The lowest BCUT2D eigenvalue weighted by Gasteiger charge is -2.21. The minimum absolute atomic E-state index is 0.169. The zero-order chi connectivity index (χ0) is 11.2. The summed E-state index contributed by atoms with van der Waals surface area (Å²) >= 11 is -2.32. The Balaban J connectivity index is 3.98. The molecule has 0 aromatic rings. The van der Waals surface area contributed by atoms with Crippen LogP contribution in [-0.2, 0) is 20.3 Å². The standard InChI is InChI=1S/C8H15NO4S/c1-4-5-7(10)9-6-8(2,3)13-14(11)12/h4-5H,6H2,1-3H3,(H,9,10)(H,11,12). The Morgan fingerprint density at radius 2 is 2.21 bits per heavy atom. The van der Waals surface area contributed by atoms with Crippen molar-refractivity contribution in [3.63, 3.8) is 0 Å². The van der Waals surface area contributed by atoms with Crippen molar-refractivity contribution in [1.82, 2.24) is 5.32 Å². The fourth-order valence-corrected chi connectivity index (χ4v) is 1.18. The Kier molecular flexibility index (Phi) is 5.59. The number of carbonyl (C=O) groups is 1. The molecule has 0 saturated carbocycles. The van der Waals surface area contributed by atoms with E-state index in [1.807, 2.05) is 0 Å². The molecule has 82 valence electrons. The van der Waals surface area contributed by atoms with Gasteiger partial charge >= 0.3 is 11.4 Å². The Labute approximate surface area is 86.0 Å². The summed E-state index contributed by atoms with van der Waals surface area (Å²) in [4.78, 5) is 11.0. The van der Waals surface area contributed by atoms with Crippen molar-refractivity contribution < 1.29 is 17.7 Å². The zero-order valence-electron chi connectivity index (χ0n) is 8.44. The van der Waals surface area contributed by atoms with Gasteiger partial charge in [-0.05, 0) is 26.8 Å². The van der Waals surface area contributed by atoms with E-state index in [1.54, 1.807) is 26.8 Å². The first kappa shape index (κ1) is 13.3. The van der Waals surface area contributed by atoms with Crippen LogP contribution in [0.3, 0.4) is 0 Å². The third-order valence-electron chi connectivity index (χ3n) is 1.30. The van der Waals surface area contributed by atoms with Crippen LogP contribution in [0.25, 0.3) is 0 Å². The van der Waals surface area contributed by atoms with Crippen molar-refractivity contribution >= 4 is 17.3 Å². The van der Waals surface area contributed by atoms with Gasteiger partial charge in [0.05, 0.1) is 5.60 Å². The maximum absolute atomic E-state index is 11.0. The molecule has 0 fully saturated rings. The molecule has 6 heteroatoms. The lowest BCUT2D eigenvalue weighted by Crippen LogP contribution is -2.40. The van der Waals surface area contributed by atoms with Gasteiger partial charge in [-0.1, -0.05) is 6.08 Å². The molecule has 5 nitrogen and oxygen atoms in total. The topological polar surface area (TPSA) is 75.6 Å². The molecule has 0 saturated heterocycles. The molecular formula is C8H15NO4S. The van der Waals surface area contributed by atoms with E-state index in [2.05, 4.69) is 9.50 Å². The van der Waals surface area contributed by atoms with Gasteiger partial charge in [0.2, 0.25) is 5.91 Å². The molecule has 0 radical (unpaired) electrons. The minimum atomic E-state index is -2.32. The van der Waals surface area contributed by atoms with E-state index in [0.29, 0.717) is 0 Å². The van der Waals surface area contributed by atoms with Gasteiger partial charge in [-0.25, -0.2) is 0 Å². The fraction of sp³-hybridized carbons (Fsp3) is 0.625. The zero-order valence-corrected chi connectivity index (χ0v) is 9.26. The smallest absolute Gasteiger partial charge is 0.302 e. The van der Waals surface area contributed by atoms with Crippen molar-refractivity contribution in [3.8, 4) is 0 Å². The van der Waals surface area contributed by atoms with Gasteiger partial charge in [-0.15, -0.1) is 0 Å². The summed E-state index contributed by atoms with van der Waals surface area (Å²) in [6.45, 7) is 5.11. The summed E-state index contributed by atoms with van der Waals surface area (Å²) in [5.41, 5.74) is -0.864. The largest absolute Gasteiger partial charge is 0.350 e. The first-order valence-electron chi connectivity index (χ1n) is 4.08. The van der Waals surface area contributed by atoms with E-state index in [1.165, 1.54) is 6.08 Å². The number of hydrogen-bond acceptors (Lipinski definition) is 3. The van der Waals surface area contributed by atoms with Gasteiger partial charge in [0.25, 0.3) is 0 Å². The highest BCUT2D eigenvalue weighted by molar-refractivity contribution is 7.74. The number of hydrogen-bond donors (Lipinski definition) is 2. The summed E-state index contributed by atoms with van der Waals surface area (Å²) in [6.07, 6.45) is 2.97. The highest BCUT2D eigenvalue weighted by atomic mass is 32.2. The summed E-state index contributed by atoms with van der Waals surface area (Å²) in [6, 6.07) is 0. The van der Waals surface area contributed by atoms with Crippen LogP contribution < -0.4 is 5.32 Å². The second-order valence-electron chi connectivity index (χ2n) is 3.28. The van der Waals surface area contributed by atoms with Gasteiger partial charge in [-0.2, -0.15) is 4.21 Å². The third-order valence-corrected chi connectivity index (χ3v) is 1.90. The molecule has 0 spiro atoms. The lowest BCUT2D eigenvalue weighted by atomic mass is 10.1. The predicted molar refractivity (Wildman–Crippen MR) is 53.8 cm³/mol. The Bertz CT molecular complexity index is 250. The second-order valence-corrected chi connectivity index (χ2v) is 3.88. The van der Waals surface area contributed by atoms with E-state index in [0.717, 1.165) is 0 Å². The number of rotatable bonds is 5. The van der Waals surface area contributed by atoms with E-state index in [9.17, 15) is 9.00 Å². The maximum Gasteiger partial charge on any atom is 0.302 e. The van der Waals surface area contributed by atoms with Gasteiger partial charge < -0.3 is 5.32 Å². The van der Waals surface area contributed by atoms with E-state index in [4.69, 9.17) is 4.55 Å². The van der Waals surface area contributed by atoms with Crippen LogP contribution in [0.2, 0.25) is 0 Å². The molecule has 0 aromatic carbocycles. The van der Waals surface area contributed by atoms with Crippen LogP contribution in [0, 0.1) is 0 Å². The van der Waals surface area contributed by atoms with Crippen LogP contribution in [0.15, 0.2) is 12.2 Å². The highest BCUT2D eigenvalue weighted by Gasteiger charge is 2.21. The van der Waals surface area contributed by atoms with Crippen molar-refractivity contribution in [1.29, 1.82) is 0 Å². The van der Waals surface area contributed by atoms with Crippen LogP contribution in [0.4, 0.5) is 0 Å². The quantitative estimate of drug-likeness (QED) is 0.527. The lowest BCUT2D eigenvalue weighted by molar-refractivity contribution is -0.117. The maximum atomic E-state index is 11.0. The predicted octanol–water partition coefficient (Wildman–Crippen LogP) is 0.611. The molecule has 1 atom stereocenters. The van der Waals surface area contributed by atoms with E-state index >= 15 is 0 Å². The number of allylic oxidation sites excluding steroid dienone is 1. The van der Waals surface area contributed by atoms with Gasteiger partial charge in [0, 0.05) is 6.54 Å². The summed E-state index contributed by atoms with van der Waals surface area (Å²) in [5.74, 6) is -0.257. The Morgan fingerprint density at radius 3 is 2.64 bits per heavy atom. The number of amides is 1. The second kappa shape index (κ2) is 5.90. The van der Waals surface area contributed by atoms with Gasteiger partial charge in [0.1, 0.15) is 0 Å². The molecule has 0 aliphatic carbocycles. The van der Waals surface area contributed by atoms with E-state index in [-0.39, 0.29) is 12.5 Å². The first-order chi connectivity index (χ1) is 6.37. The van der Waals surface area contributed by atoms with Crippen LogP contribution in [-0.4, -0.2) is 26.8 Å². The molecule has 0 aliphatic heterocycles. The van der Waals surface area contributed by atoms with Crippen LogP contribution in [0.1, 0.15) is 20.8 Å². The Morgan fingerprint density at radius 1 is 1.64 bits per heavy atom. The van der Waals surface area contributed by atoms with Crippen LogP contribution in [0.5, 0.6) is 0 Å².